The van der Waals surface area contributed by atoms with Gasteiger partial charge in [0.2, 0.25) is 5.95 Å². The first-order valence-corrected chi connectivity index (χ1v) is 8.14. The molecule has 0 radical (unpaired) electrons. The standard InChI is InChI=1S/C18H13Cl2N5/c1-11-8-16(23-13-5-2-4-12(9-13)10-21)24-18(22-11)25-17-14(19)6-3-7-15(17)20/h2-9H,1H3,(H2,22,23,24,25). The summed E-state index contributed by atoms with van der Waals surface area (Å²) >= 11 is 12.3. The van der Waals surface area contributed by atoms with E-state index in [2.05, 4.69) is 26.7 Å². The molecular weight excluding hydrogens is 357 g/mol. The van der Waals surface area contributed by atoms with Crippen LogP contribution >= 0.6 is 23.2 Å². The zero-order valence-electron chi connectivity index (χ0n) is 13.2. The van der Waals surface area contributed by atoms with Crippen molar-refractivity contribution in [2.75, 3.05) is 10.6 Å². The van der Waals surface area contributed by atoms with E-state index in [1.54, 1.807) is 42.5 Å². The lowest BCUT2D eigenvalue weighted by atomic mass is 10.2. The lowest BCUT2D eigenvalue weighted by Gasteiger charge is -2.12. The number of para-hydroxylation sites is 1. The molecule has 0 fully saturated rings. The minimum Gasteiger partial charge on any atom is -0.340 e. The van der Waals surface area contributed by atoms with Crippen LogP contribution in [0.3, 0.4) is 0 Å². The van der Waals surface area contributed by atoms with E-state index < -0.39 is 0 Å². The molecule has 0 aliphatic carbocycles. The second-order valence-corrected chi connectivity index (χ2v) is 6.07. The van der Waals surface area contributed by atoms with Crippen LogP contribution in [0.1, 0.15) is 11.3 Å². The third kappa shape index (κ3) is 4.18. The van der Waals surface area contributed by atoms with Gasteiger partial charge in [0.25, 0.3) is 0 Å². The molecule has 0 atom stereocenters. The van der Waals surface area contributed by atoms with Gasteiger partial charge in [-0.3, -0.25) is 0 Å². The Kier molecular flexibility index (Phi) is 5.03. The van der Waals surface area contributed by atoms with Crippen LogP contribution < -0.4 is 10.6 Å². The summed E-state index contributed by atoms with van der Waals surface area (Å²) in [5.41, 5.74) is 2.64. The summed E-state index contributed by atoms with van der Waals surface area (Å²) in [5.74, 6) is 0.960. The van der Waals surface area contributed by atoms with Crippen molar-refractivity contribution in [3.05, 3.63) is 69.8 Å². The molecule has 3 rings (SSSR count). The van der Waals surface area contributed by atoms with E-state index in [0.29, 0.717) is 33.1 Å². The highest BCUT2D eigenvalue weighted by atomic mass is 35.5. The van der Waals surface area contributed by atoms with E-state index in [4.69, 9.17) is 28.5 Å². The number of aromatic nitrogens is 2. The molecule has 2 N–H and O–H groups in total. The number of nitrogens with one attached hydrogen (secondary N) is 2. The molecule has 0 bridgehead atoms. The minimum absolute atomic E-state index is 0.369. The summed E-state index contributed by atoms with van der Waals surface area (Å²) in [4.78, 5) is 8.78. The lowest BCUT2D eigenvalue weighted by Crippen LogP contribution is -2.03. The fraction of sp³-hybridized carbons (Fsp3) is 0.0556. The van der Waals surface area contributed by atoms with E-state index in [-0.39, 0.29) is 0 Å². The van der Waals surface area contributed by atoms with Gasteiger partial charge < -0.3 is 10.6 Å². The van der Waals surface area contributed by atoms with E-state index in [0.717, 1.165) is 11.4 Å². The van der Waals surface area contributed by atoms with Gasteiger partial charge in [0.05, 0.1) is 27.4 Å². The van der Waals surface area contributed by atoms with Crippen molar-refractivity contribution < 1.29 is 0 Å². The van der Waals surface area contributed by atoms with Gasteiger partial charge in [-0.05, 0) is 37.3 Å². The summed E-state index contributed by atoms with van der Waals surface area (Å²) in [6.45, 7) is 1.86. The van der Waals surface area contributed by atoms with Gasteiger partial charge in [-0.1, -0.05) is 35.3 Å². The molecule has 2 aromatic carbocycles. The molecule has 0 saturated heterocycles. The summed E-state index contributed by atoms with van der Waals surface area (Å²) in [6.07, 6.45) is 0. The largest absolute Gasteiger partial charge is 0.340 e. The number of hydrogen-bond acceptors (Lipinski definition) is 5. The molecule has 0 aliphatic rings. The molecule has 25 heavy (non-hydrogen) atoms. The Hall–Kier alpha value is -2.81. The van der Waals surface area contributed by atoms with Crippen molar-refractivity contribution in [1.82, 2.24) is 9.97 Å². The van der Waals surface area contributed by atoms with Crippen molar-refractivity contribution in [3.63, 3.8) is 0 Å². The van der Waals surface area contributed by atoms with E-state index in [9.17, 15) is 0 Å². The number of nitriles is 1. The van der Waals surface area contributed by atoms with E-state index in [1.807, 2.05) is 13.0 Å². The SMILES string of the molecule is Cc1cc(Nc2cccc(C#N)c2)nc(Nc2c(Cl)cccc2Cl)n1. The number of nitrogens with zero attached hydrogens (tertiary/aromatic N) is 3. The maximum atomic E-state index is 8.99. The van der Waals surface area contributed by atoms with Crippen molar-refractivity contribution in [1.29, 1.82) is 5.26 Å². The molecular formula is C18H13Cl2N5. The van der Waals surface area contributed by atoms with Crippen LogP contribution in [0.15, 0.2) is 48.5 Å². The molecule has 124 valence electrons. The summed E-state index contributed by atoms with van der Waals surface area (Å²) in [5, 5.41) is 16.2. The van der Waals surface area contributed by atoms with Gasteiger partial charge in [-0.25, -0.2) is 4.98 Å². The molecule has 0 saturated carbocycles. The van der Waals surface area contributed by atoms with Gasteiger partial charge in [-0.15, -0.1) is 0 Å². The fourth-order valence-corrected chi connectivity index (χ4v) is 2.72. The maximum absolute atomic E-state index is 8.99. The number of aryl methyl sites for hydroxylation is 1. The van der Waals surface area contributed by atoms with E-state index in [1.165, 1.54) is 0 Å². The number of benzene rings is 2. The predicted octanol–water partition coefficient (Wildman–Crippen LogP) is 5.45. The van der Waals surface area contributed by atoms with Crippen molar-refractivity contribution in [3.8, 4) is 6.07 Å². The number of anilines is 4. The van der Waals surface area contributed by atoms with Crippen LogP contribution in [-0.2, 0) is 0 Å². The summed E-state index contributed by atoms with van der Waals surface area (Å²) in [7, 11) is 0. The highest BCUT2D eigenvalue weighted by Gasteiger charge is 2.09. The van der Waals surface area contributed by atoms with Gasteiger partial charge in [0.1, 0.15) is 5.82 Å². The zero-order chi connectivity index (χ0) is 17.8. The Bertz CT molecular complexity index is 946. The number of hydrogen-bond donors (Lipinski definition) is 2. The van der Waals surface area contributed by atoms with Crippen LogP contribution in [0.5, 0.6) is 0 Å². The Balaban J connectivity index is 1.89. The van der Waals surface area contributed by atoms with Crippen LogP contribution in [0, 0.1) is 18.3 Å². The average Bonchev–Trinajstić information content (AvgIpc) is 2.58. The van der Waals surface area contributed by atoms with Crippen molar-refractivity contribution in [2.24, 2.45) is 0 Å². The molecule has 0 amide bonds. The maximum Gasteiger partial charge on any atom is 0.229 e. The van der Waals surface area contributed by atoms with Crippen molar-refractivity contribution >= 4 is 46.3 Å². The summed E-state index contributed by atoms with van der Waals surface area (Å²) in [6, 6.07) is 16.3. The molecule has 0 spiro atoms. The second-order valence-electron chi connectivity index (χ2n) is 5.26. The van der Waals surface area contributed by atoms with E-state index >= 15 is 0 Å². The predicted molar refractivity (Wildman–Crippen MR) is 101 cm³/mol. The molecule has 5 nitrogen and oxygen atoms in total. The van der Waals surface area contributed by atoms with Crippen molar-refractivity contribution in [2.45, 2.75) is 6.92 Å². The first-order chi connectivity index (χ1) is 12.0. The first kappa shape index (κ1) is 17.0. The smallest absolute Gasteiger partial charge is 0.229 e. The highest BCUT2D eigenvalue weighted by molar-refractivity contribution is 6.39. The van der Waals surface area contributed by atoms with Crippen LogP contribution in [-0.4, -0.2) is 9.97 Å². The normalized spacial score (nSPS) is 10.2. The molecule has 1 heterocycles. The second kappa shape index (κ2) is 7.39. The zero-order valence-corrected chi connectivity index (χ0v) is 14.7. The Labute approximate surface area is 155 Å². The lowest BCUT2D eigenvalue weighted by molar-refractivity contribution is 1.11. The highest BCUT2D eigenvalue weighted by Crippen LogP contribution is 2.32. The Morgan fingerprint density at radius 2 is 1.68 bits per heavy atom. The molecule has 0 aliphatic heterocycles. The van der Waals surface area contributed by atoms with Gasteiger partial charge in [-0.2, -0.15) is 10.2 Å². The number of halogens is 2. The molecule has 1 aromatic heterocycles. The van der Waals surface area contributed by atoms with Crippen LogP contribution in [0.25, 0.3) is 0 Å². The average molecular weight is 370 g/mol. The molecule has 0 unspecified atom stereocenters. The van der Waals surface area contributed by atoms with Gasteiger partial charge >= 0.3 is 0 Å². The quantitative estimate of drug-likeness (QED) is 0.639. The van der Waals surface area contributed by atoms with Crippen LogP contribution in [0.2, 0.25) is 10.0 Å². The Morgan fingerprint density at radius 1 is 0.960 bits per heavy atom. The van der Waals surface area contributed by atoms with Gasteiger partial charge in [0, 0.05) is 17.4 Å². The molecule has 7 heteroatoms. The monoisotopic (exact) mass is 369 g/mol. The third-order valence-electron chi connectivity index (χ3n) is 3.32. The number of rotatable bonds is 4. The minimum atomic E-state index is 0.369. The third-order valence-corrected chi connectivity index (χ3v) is 3.95. The Morgan fingerprint density at radius 3 is 2.40 bits per heavy atom. The fourth-order valence-electron chi connectivity index (χ4n) is 2.23. The topological polar surface area (TPSA) is 73.6 Å². The van der Waals surface area contributed by atoms with Crippen LogP contribution in [0.4, 0.5) is 23.1 Å². The summed E-state index contributed by atoms with van der Waals surface area (Å²) < 4.78 is 0. The van der Waals surface area contributed by atoms with Gasteiger partial charge in [0.15, 0.2) is 0 Å². The molecule has 3 aromatic rings. The first-order valence-electron chi connectivity index (χ1n) is 7.39.